The molecule has 1 saturated heterocycles. The number of alkyl halides is 3. The fraction of sp³-hybridized carbons (Fsp3) is 0.538. The van der Waals surface area contributed by atoms with Crippen molar-refractivity contribution in [2.45, 2.75) is 95.5 Å². The summed E-state index contributed by atoms with van der Waals surface area (Å²) in [7, 11) is 1.41. The Labute approximate surface area is 320 Å². The number of aliphatic hydroxyl groups is 1. The third-order valence-corrected chi connectivity index (χ3v) is 11.0. The van der Waals surface area contributed by atoms with Crippen LogP contribution in [-0.4, -0.2) is 90.5 Å². The Morgan fingerprint density at radius 1 is 1.16 bits per heavy atom. The maximum absolute atomic E-state index is 13.6. The second kappa shape index (κ2) is 17.1. The Balaban J connectivity index is 0.000000784. The molecule has 56 heavy (non-hydrogen) atoms. The molecule has 0 amide bonds. The number of halogens is 3. The predicted octanol–water partition coefficient (Wildman–Crippen LogP) is 2.05. The summed E-state index contributed by atoms with van der Waals surface area (Å²) >= 11 is 0. The molecule has 2 aliphatic heterocycles. The molecule has 304 valence electrons. The quantitative estimate of drug-likeness (QED) is 0.183. The van der Waals surface area contributed by atoms with Crippen LogP contribution in [0.4, 0.5) is 13.2 Å². The number of H-pyrrole nitrogens is 1. The molecule has 1 spiro atoms. The van der Waals surface area contributed by atoms with Crippen molar-refractivity contribution in [1.82, 2.24) is 0 Å². The Bertz CT molecular complexity index is 1790. The number of allylic oxidation sites excluding steroid dienone is 3. The van der Waals surface area contributed by atoms with Crippen molar-refractivity contribution in [3.63, 3.8) is 0 Å². The average molecular weight is 792 g/mol. The zero-order chi connectivity index (χ0) is 41.1. The van der Waals surface area contributed by atoms with Crippen LogP contribution < -0.4 is 10.1 Å². The van der Waals surface area contributed by atoms with E-state index in [1.54, 1.807) is 37.5 Å². The predicted molar refractivity (Wildman–Crippen MR) is 182 cm³/mol. The van der Waals surface area contributed by atoms with Crippen molar-refractivity contribution in [3.05, 3.63) is 77.7 Å². The largest absolute Gasteiger partial charge is 0.542 e. The van der Waals surface area contributed by atoms with Gasteiger partial charge in [-0.25, -0.2) is 24.2 Å². The number of methoxy groups -OCH3 is 1. The van der Waals surface area contributed by atoms with E-state index in [1.807, 2.05) is 51.2 Å². The van der Waals surface area contributed by atoms with Crippen molar-refractivity contribution >= 4 is 29.8 Å². The normalized spacial score (nSPS) is 34.6. The third kappa shape index (κ3) is 8.59. The number of hydrogen-bond donors (Lipinski definition) is 1. The van der Waals surface area contributed by atoms with E-state index in [9.17, 15) is 37.5 Å². The molecule has 4 bridgehead atoms. The van der Waals surface area contributed by atoms with Crippen LogP contribution in [0.2, 0.25) is 0 Å². The molecule has 2 fully saturated rings. The average Bonchev–Trinajstić information content (AvgIpc) is 3.76. The lowest BCUT2D eigenvalue weighted by Crippen LogP contribution is -2.57. The van der Waals surface area contributed by atoms with Crippen LogP contribution in [0.25, 0.3) is 0 Å². The number of carboxylic acid groups (broad SMARTS) is 1. The molecule has 3 heterocycles. The molecule has 2 unspecified atom stereocenters. The first kappa shape index (κ1) is 42.3. The summed E-state index contributed by atoms with van der Waals surface area (Å²) in [6.45, 7) is 7.02. The minimum Gasteiger partial charge on any atom is -0.542 e. The lowest BCUT2D eigenvalue weighted by Gasteiger charge is -2.49. The number of aromatic amines is 1. The van der Waals surface area contributed by atoms with Gasteiger partial charge < -0.3 is 43.4 Å². The molecule has 0 radical (unpaired) electrons. The van der Waals surface area contributed by atoms with Crippen LogP contribution in [0.1, 0.15) is 46.1 Å². The van der Waals surface area contributed by atoms with Gasteiger partial charge in [-0.3, -0.25) is 0 Å². The SMILES string of the molecule is CO[C@H]1C[C@H]2C=CC3C4[C@H](O)[C@@H](C)[C@@H](OC(=O)C5=CC=CC5)[C@@H]3O[C@]42/C(C)=C/[C@@H](C)[C@@H]([C@@H](C)OC(=O)C(=O)OCc2ccc[nH+]c2)OC1=O.O=C([O-])C(F)(F)F. The van der Waals surface area contributed by atoms with Crippen LogP contribution in [0.15, 0.2) is 72.1 Å². The molecule has 6 rings (SSSR count). The first-order valence-corrected chi connectivity index (χ1v) is 18.0. The van der Waals surface area contributed by atoms with E-state index in [1.165, 1.54) is 7.11 Å². The third-order valence-electron chi connectivity index (χ3n) is 11.0. The van der Waals surface area contributed by atoms with Gasteiger partial charge in [-0.2, -0.15) is 13.2 Å². The number of pyridine rings is 1. The van der Waals surface area contributed by atoms with E-state index in [-0.39, 0.29) is 24.9 Å². The maximum Gasteiger partial charge on any atom is 0.430 e. The standard InChI is InChI=1S/C37H43NO11.C2HF3O2/c1-19-15-20(2)37-25(12-13-26-28(37)29(39)21(3)31(32(26)49-37)48-33(40)24-10-6-7-11-24)16-27(44-5)34(41)47-30(19)22(4)46-36(43)35(42)45-18-23-9-8-14-38-17-23;3-2(4,5)1(6)7/h6-10,12-15,17,19,21-22,25-32,39H,11,16,18H2,1-5H3;(H,6,7)/b20-15+;/t19-,21-,22-,25-,26?,27+,28?,29-,30+,31-,32-,37+;/m1./s1. The molecule has 5 aliphatic rings. The van der Waals surface area contributed by atoms with Crippen LogP contribution >= 0.6 is 0 Å². The van der Waals surface area contributed by atoms with E-state index in [0.717, 1.165) is 5.57 Å². The van der Waals surface area contributed by atoms with E-state index in [4.69, 9.17) is 38.3 Å². The van der Waals surface area contributed by atoms with E-state index in [2.05, 4.69) is 4.98 Å². The number of carboxylic acids is 1. The molecule has 2 N–H and O–H groups in total. The number of aliphatic hydroxyl groups excluding tert-OH is 1. The Morgan fingerprint density at radius 3 is 2.48 bits per heavy atom. The van der Waals surface area contributed by atoms with Crippen molar-refractivity contribution in [2.24, 2.45) is 29.6 Å². The van der Waals surface area contributed by atoms with Gasteiger partial charge in [0.25, 0.3) is 0 Å². The highest BCUT2D eigenvalue weighted by molar-refractivity contribution is 6.29. The zero-order valence-electron chi connectivity index (χ0n) is 31.2. The highest BCUT2D eigenvalue weighted by atomic mass is 19.4. The number of carbonyl (C=O) groups is 5. The number of hydrogen-bond acceptors (Lipinski definition) is 13. The van der Waals surface area contributed by atoms with Crippen molar-refractivity contribution in [3.8, 4) is 0 Å². The smallest absolute Gasteiger partial charge is 0.430 e. The summed E-state index contributed by atoms with van der Waals surface area (Å²) in [6.07, 6.45) is 4.97. The maximum atomic E-state index is 13.6. The summed E-state index contributed by atoms with van der Waals surface area (Å²) in [5.74, 6) is -8.49. The van der Waals surface area contributed by atoms with Crippen LogP contribution in [-0.2, 0) is 59.0 Å². The van der Waals surface area contributed by atoms with Gasteiger partial charge in [0.2, 0.25) is 0 Å². The van der Waals surface area contributed by atoms with Crippen molar-refractivity contribution in [2.75, 3.05) is 7.11 Å². The molecule has 1 saturated carbocycles. The number of rotatable bonds is 7. The van der Waals surface area contributed by atoms with Gasteiger partial charge in [-0.05, 0) is 38.3 Å². The second-order valence-corrected chi connectivity index (χ2v) is 14.5. The number of aromatic nitrogens is 1. The second-order valence-electron chi connectivity index (χ2n) is 14.5. The summed E-state index contributed by atoms with van der Waals surface area (Å²) in [4.78, 5) is 63.6. The molecule has 0 aromatic carbocycles. The number of aliphatic carboxylic acids is 1. The number of esters is 4. The molecule has 17 heteroatoms. The summed E-state index contributed by atoms with van der Waals surface area (Å²) in [5.41, 5.74) is 0.939. The number of cyclic esters (lactones) is 1. The summed E-state index contributed by atoms with van der Waals surface area (Å²) in [5, 5.41) is 20.7. The highest BCUT2D eigenvalue weighted by Gasteiger charge is 2.69. The van der Waals surface area contributed by atoms with Gasteiger partial charge in [-0.1, -0.05) is 50.3 Å². The van der Waals surface area contributed by atoms with Crippen LogP contribution in [0.5, 0.6) is 0 Å². The summed E-state index contributed by atoms with van der Waals surface area (Å²) < 4.78 is 66.8. The lowest BCUT2D eigenvalue weighted by molar-refractivity contribution is -0.379. The van der Waals surface area contributed by atoms with Gasteiger partial charge in [-0.15, -0.1) is 0 Å². The molecule has 1 aromatic heterocycles. The van der Waals surface area contributed by atoms with E-state index >= 15 is 0 Å². The molecule has 3 aliphatic carbocycles. The first-order chi connectivity index (χ1) is 26.4. The first-order valence-electron chi connectivity index (χ1n) is 18.0. The van der Waals surface area contributed by atoms with Gasteiger partial charge >= 0.3 is 30.1 Å². The number of carbonyl (C=O) groups excluding carboxylic acids is 5. The van der Waals surface area contributed by atoms with Gasteiger partial charge in [0.05, 0.1) is 11.7 Å². The Kier molecular flexibility index (Phi) is 12.9. The zero-order valence-corrected chi connectivity index (χ0v) is 31.2. The van der Waals surface area contributed by atoms with Crippen molar-refractivity contribution in [1.29, 1.82) is 0 Å². The van der Waals surface area contributed by atoms with Crippen LogP contribution in [0.3, 0.4) is 0 Å². The van der Waals surface area contributed by atoms with Gasteiger partial charge in [0.15, 0.2) is 18.5 Å². The molecular weight excluding hydrogens is 747 g/mol. The van der Waals surface area contributed by atoms with E-state index in [0.29, 0.717) is 17.6 Å². The monoisotopic (exact) mass is 791 g/mol. The number of nitrogens with one attached hydrogen (secondary N) is 1. The fourth-order valence-corrected chi connectivity index (χ4v) is 8.30. The summed E-state index contributed by atoms with van der Waals surface area (Å²) in [6, 6.07) is 3.46. The highest BCUT2D eigenvalue weighted by Crippen LogP contribution is 2.61. The minimum atomic E-state index is -5.19. The lowest BCUT2D eigenvalue weighted by atomic mass is 9.57. The van der Waals surface area contributed by atoms with Crippen molar-refractivity contribution < 1.29 is 80.8 Å². The van der Waals surface area contributed by atoms with Gasteiger partial charge in [0, 0.05) is 48.3 Å². The molecule has 14 nitrogen and oxygen atoms in total. The van der Waals surface area contributed by atoms with Crippen LogP contribution in [0, 0.1) is 29.6 Å². The molecule has 1 aromatic rings. The Morgan fingerprint density at radius 2 is 1.88 bits per heavy atom. The Hall–Kier alpha value is -4.87. The fourth-order valence-electron chi connectivity index (χ4n) is 8.30. The number of ether oxygens (including phenoxy) is 6. The van der Waals surface area contributed by atoms with Gasteiger partial charge in [0.1, 0.15) is 42.6 Å². The minimum absolute atomic E-state index is 0.133. The van der Waals surface area contributed by atoms with E-state index < -0.39 is 96.0 Å². The molecular formula is C39H44F3NO13. The topological polar surface area (TPSA) is 198 Å². The molecule has 12 atom stereocenters.